The molecule has 2 atom stereocenters. The summed E-state index contributed by atoms with van der Waals surface area (Å²) in [7, 11) is 0. The standard InChI is InChI=1S/C14H23/c1-10(2)9-11(3)13-8-7-12(4)14(13,5)6/h7,10,13H,1,3,8-9H2,2,4-6H3. The molecule has 0 saturated carbocycles. The van der Waals surface area contributed by atoms with E-state index in [2.05, 4.69) is 47.3 Å². The van der Waals surface area contributed by atoms with E-state index in [9.17, 15) is 0 Å². The lowest BCUT2D eigenvalue weighted by Crippen LogP contribution is -2.22. The van der Waals surface area contributed by atoms with Crippen LogP contribution in [0.25, 0.3) is 0 Å². The number of allylic oxidation sites excluding steroid dienone is 3. The highest BCUT2D eigenvalue weighted by Crippen LogP contribution is 2.47. The normalized spacial score (nSPS) is 25.3. The molecule has 2 unspecified atom stereocenters. The second-order valence-corrected chi connectivity index (χ2v) is 5.36. The monoisotopic (exact) mass is 191 g/mol. The molecule has 1 rings (SSSR count). The van der Waals surface area contributed by atoms with Gasteiger partial charge in [-0.15, -0.1) is 0 Å². The Balaban J connectivity index is 2.69. The zero-order valence-corrected chi connectivity index (χ0v) is 10.1. The maximum atomic E-state index is 4.23. The van der Waals surface area contributed by atoms with Gasteiger partial charge in [0.1, 0.15) is 0 Å². The molecular weight excluding hydrogens is 168 g/mol. The Morgan fingerprint density at radius 3 is 2.57 bits per heavy atom. The molecule has 1 aliphatic rings. The van der Waals surface area contributed by atoms with Gasteiger partial charge in [-0.1, -0.05) is 51.5 Å². The summed E-state index contributed by atoms with van der Waals surface area (Å²) >= 11 is 0. The van der Waals surface area contributed by atoms with E-state index in [4.69, 9.17) is 0 Å². The second-order valence-electron chi connectivity index (χ2n) is 5.36. The molecule has 0 fully saturated rings. The number of rotatable bonds is 3. The Bertz CT molecular complexity index is 253. The van der Waals surface area contributed by atoms with Crippen molar-refractivity contribution in [1.29, 1.82) is 0 Å². The van der Waals surface area contributed by atoms with Crippen LogP contribution in [0.2, 0.25) is 0 Å². The van der Waals surface area contributed by atoms with Crippen molar-refractivity contribution in [3.63, 3.8) is 0 Å². The average Bonchev–Trinajstić information content (AvgIpc) is 2.26. The van der Waals surface area contributed by atoms with Crippen LogP contribution in [0.5, 0.6) is 0 Å². The molecule has 0 saturated heterocycles. The van der Waals surface area contributed by atoms with Crippen LogP contribution in [0.3, 0.4) is 0 Å². The van der Waals surface area contributed by atoms with Gasteiger partial charge in [-0.25, -0.2) is 0 Å². The highest BCUT2D eigenvalue weighted by Gasteiger charge is 2.36. The average molecular weight is 191 g/mol. The van der Waals surface area contributed by atoms with Crippen molar-refractivity contribution in [3.05, 3.63) is 30.7 Å². The summed E-state index contributed by atoms with van der Waals surface area (Å²) in [6.45, 7) is 17.3. The largest absolute Gasteiger partial charge is 0.0995 e. The maximum absolute atomic E-state index is 4.23. The summed E-state index contributed by atoms with van der Waals surface area (Å²) in [4.78, 5) is 0. The van der Waals surface area contributed by atoms with Crippen LogP contribution in [0.15, 0.2) is 23.8 Å². The van der Waals surface area contributed by atoms with Gasteiger partial charge in [-0.05, 0) is 37.0 Å². The molecule has 1 radical (unpaired) electrons. The number of hydrogen-bond acceptors (Lipinski definition) is 0. The van der Waals surface area contributed by atoms with Gasteiger partial charge in [-0.3, -0.25) is 0 Å². The molecule has 1 aliphatic carbocycles. The predicted molar refractivity (Wildman–Crippen MR) is 63.9 cm³/mol. The fraction of sp³-hybridized carbons (Fsp3) is 0.643. The molecule has 0 aromatic heterocycles. The molecule has 0 N–H and O–H groups in total. The van der Waals surface area contributed by atoms with Gasteiger partial charge < -0.3 is 0 Å². The molecule has 0 heteroatoms. The molecule has 0 aliphatic heterocycles. The van der Waals surface area contributed by atoms with E-state index in [0.29, 0.717) is 17.3 Å². The second kappa shape index (κ2) is 3.92. The van der Waals surface area contributed by atoms with E-state index in [0.717, 1.165) is 6.42 Å². The van der Waals surface area contributed by atoms with E-state index in [-0.39, 0.29) is 0 Å². The predicted octanol–water partition coefficient (Wildman–Crippen LogP) is 4.40. The van der Waals surface area contributed by atoms with E-state index in [1.54, 1.807) is 0 Å². The van der Waals surface area contributed by atoms with Crippen LogP contribution >= 0.6 is 0 Å². The van der Waals surface area contributed by atoms with Gasteiger partial charge in [0.25, 0.3) is 0 Å². The Labute approximate surface area is 89.1 Å². The lowest BCUT2D eigenvalue weighted by atomic mass is 9.73. The molecule has 0 spiro atoms. The minimum absolute atomic E-state index is 0.311. The van der Waals surface area contributed by atoms with Crippen LogP contribution in [-0.2, 0) is 0 Å². The van der Waals surface area contributed by atoms with Crippen molar-refractivity contribution in [3.8, 4) is 0 Å². The molecule has 14 heavy (non-hydrogen) atoms. The van der Waals surface area contributed by atoms with Crippen molar-refractivity contribution in [1.82, 2.24) is 0 Å². The van der Waals surface area contributed by atoms with Crippen LogP contribution < -0.4 is 0 Å². The molecule has 0 aromatic rings. The third-order valence-corrected chi connectivity index (χ3v) is 3.65. The van der Waals surface area contributed by atoms with Crippen molar-refractivity contribution in [2.24, 2.45) is 17.3 Å². The Morgan fingerprint density at radius 2 is 2.21 bits per heavy atom. The molecule has 0 bridgehead atoms. The van der Waals surface area contributed by atoms with Crippen molar-refractivity contribution >= 4 is 0 Å². The molecular formula is C14H23. The molecule has 0 aromatic carbocycles. The SMILES string of the molecule is [CH2]C(C)CC(=C)C1CC=C(C)C1(C)C. The zero-order chi connectivity index (χ0) is 10.9. The van der Waals surface area contributed by atoms with E-state index in [1.165, 1.54) is 17.6 Å². The van der Waals surface area contributed by atoms with Crippen molar-refractivity contribution in [2.45, 2.75) is 40.5 Å². The van der Waals surface area contributed by atoms with Crippen LogP contribution in [0.4, 0.5) is 0 Å². The van der Waals surface area contributed by atoms with Gasteiger partial charge in [0, 0.05) is 0 Å². The van der Waals surface area contributed by atoms with E-state index in [1.807, 2.05) is 0 Å². The maximum Gasteiger partial charge on any atom is -0.00792 e. The minimum atomic E-state index is 0.311. The van der Waals surface area contributed by atoms with Crippen LogP contribution in [0.1, 0.15) is 40.5 Å². The summed E-state index contributed by atoms with van der Waals surface area (Å²) in [5, 5.41) is 0. The van der Waals surface area contributed by atoms with Crippen LogP contribution in [0, 0.1) is 24.2 Å². The first-order valence-electron chi connectivity index (χ1n) is 5.53. The molecule has 0 heterocycles. The third kappa shape index (κ3) is 2.10. The first kappa shape index (κ1) is 11.6. The fourth-order valence-electron chi connectivity index (χ4n) is 2.39. The summed E-state index contributed by atoms with van der Waals surface area (Å²) in [5.41, 5.74) is 3.21. The zero-order valence-electron chi connectivity index (χ0n) is 10.1. The summed E-state index contributed by atoms with van der Waals surface area (Å²) in [6, 6.07) is 0. The topological polar surface area (TPSA) is 0 Å². The lowest BCUT2D eigenvalue weighted by Gasteiger charge is -2.32. The number of hydrogen-bond donors (Lipinski definition) is 0. The lowest BCUT2D eigenvalue weighted by molar-refractivity contribution is 0.325. The van der Waals surface area contributed by atoms with Crippen molar-refractivity contribution in [2.75, 3.05) is 0 Å². The molecule has 0 amide bonds. The fourth-order valence-corrected chi connectivity index (χ4v) is 2.39. The first-order valence-corrected chi connectivity index (χ1v) is 5.53. The van der Waals surface area contributed by atoms with Crippen molar-refractivity contribution < 1.29 is 0 Å². The minimum Gasteiger partial charge on any atom is -0.0995 e. The smallest absolute Gasteiger partial charge is 0.00792 e. The van der Waals surface area contributed by atoms with E-state index < -0.39 is 0 Å². The summed E-state index contributed by atoms with van der Waals surface area (Å²) in [6.07, 6.45) is 4.60. The van der Waals surface area contributed by atoms with Gasteiger partial charge in [0.15, 0.2) is 0 Å². The Morgan fingerprint density at radius 1 is 1.64 bits per heavy atom. The van der Waals surface area contributed by atoms with Gasteiger partial charge >= 0.3 is 0 Å². The quantitative estimate of drug-likeness (QED) is 0.580. The Hall–Kier alpha value is -0.520. The highest BCUT2D eigenvalue weighted by atomic mass is 14.4. The highest BCUT2D eigenvalue weighted by molar-refractivity contribution is 5.25. The summed E-state index contributed by atoms with van der Waals surface area (Å²) < 4.78 is 0. The van der Waals surface area contributed by atoms with Gasteiger partial charge in [0.2, 0.25) is 0 Å². The van der Waals surface area contributed by atoms with Gasteiger partial charge in [0.05, 0.1) is 0 Å². The third-order valence-electron chi connectivity index (χ3n) is 3.65. The summed E-state index contributed by atoms with van der Waals surface area (Å²) in [5.74, 6) is 1.12. The Kier molecular flexibility index (Phi) is 3.24. The van der Waals surface area contributed by atoms with Gasteiger partial charge in [-0.2, -0.15) is 0 Å². The molecule has 0 nitrogen and oxygen atoms in total. The first-order chi connectivity index (χ1) is 6.35. The van der Waals surface area contributed by atoms with Crippen LogP contribution in [-0.4, -0.2) is 0 Å². The molecule has 79 valence electrons. The van der Waals surface area contributed by atoms with E-state index >= 15 is 0 Å².